The maximum atomic E-state index is 12.0. The second-order valence-corrected chi connectivity index (χ2v) is 5.67. The molecule has 1 aromatic carbocycles. The van der Waals surface area contributed by atoms with Crippen LogP contribution < -0.4 is 0 Å². The topological polar surface area (TPSA) is 51.5 Å². The van der Waals surface area contributed by atoms with Crippen LogP contribution in [0.4, 0.5) is 4.79 Å². The Morgan fingerprint density at radius 1 is 1.37 bits per heavy atom. The number of hydrogen-bond acceptors (Lipinski definition) is 3. The van der Waals surface area contributed by atoms with Gasteiger partial charge in [-0.05, 0) is 38.5 Å². The fourth-order valence-corrected chi connectivity index (χ4v) is 2.10. The number of aromatic nitrogens is 1. The first-order chi connectivity index (χ1) is 8.83. The molecule has 0 fully saturated rings. The third-order valence-electron chi connectivity index (χ3n) is 2.65. The highest BCUT2D eigenvalue weighted by Crippen LogP contribution is 2.28. The number of halogens is 1. The van der Waals surface area contributed by atoms with Gasteiger partial charge in [-0.1, -0.05) is 17.7 Å². The van der Waals surface area contributed by atoms with E-state index in [-0.39, 0.29) is 6.61 Å². The van der Waals surface area contributed by atoms with E-state index in [1.54, 1.807) is 24.4 Å². The fraction of sp³-hybridized carbons (Fsp3) is 0.357. The van der Waals surface area contributed by atoms with Crippen LogP contribution in [-0.4, -0.2) is 21.4 Å². The van der Waals surface area contributed by atoms with Crippen LogP contribution in [0, 0.1) is 0 Å². The van der Waals surface area contributed by atoms with Crippen molar-refractivity contribution in [2.75, 3.05) is 0 Å². The average Bonchev–Trinajstić information content (AvgIpc) is 2.72. The largest absolute Gasteiger partial charge is 0.443 e. The lowest BCUT2D eigenvalue weighted by atomic mass is 10.1. The number of carbonyl (C=O) groups excluding carboxylic acids is 1. The van der Waals surface area contributed by atoms with E-state index in [0.29, 0.717) is 16.1 Å². The Kier molecular flexibility index (Phi) is 3.56. The van der Waals surface area contributed by atoms with Gasteiger partial charge < -0.3 is 9.84 Å². The molecule has 5 heteroatoms. The number of aliphatic hydroxyl groups is 1. The normalized spacial score (nSPS) is 11.8. The van der Waals surface area contributed by atoms with Gasteiger partial charge in [-0.25, -0.2) is 4.79 Å². The summed E-state index contributed by atoms with van der Waals surface area (Å²) in [6.07, 6.45) is 1.17. The van der Waals surface area contributed by atoms with Crippen LogP contribution in [-0.2, 0) is 11.3 Å². The van der Waals surface area contributed by atoms with Crippen molar-refractivity contribution in [2.45, 2.75) is 33.0 Å². The zero-order valence-electron chi connectivity index (χ0n) is 11.1. The van der Waals surface area contributed by atoms with E-state index in [0.717, 1.165) is 5.39 Å². The molecule has 19 heavy (non-hydrogen) atoms. The third kappa shape index (κ3) is 2.74. The molecule has 0 amide bonds. The third-order valence-corrected chi connectivity index (χ3v) is 3.09. The predicted molar refractivity (Wildman–Crippen MR) is 74.5 cm³/mol. The molecule has 0 spiro atoms. The van der Waals surface area contributed by atoms with Crippen LogP contribution in [0.2, 0.25) is 5.02 Å². The van der Waals surface area contributed by atoms with Crippen molar-refractivity contribution in [3.8, 4) is 0 Å². The van der Waals surface area contributed by atoms with E-state index < -0.39 is 11.7 Å². The van der Waals surface area contributed by atoms with Gasteiger partial charge in [0.05, 0.1) is 17.1 Å². The van der Waals surface area contributed by atoms with Crippen molar-refractivity contribution in [2.24, 2.45) is 0 Å². The Morgan fingerprint density at radius 2 is 2.05 bits per heavy atom. The van der Waals surface area contributed by atoms with Crippen molar-refractivity contribution in [3.05, 3.63) is 35.0 Å². The maximum absolute atomic E-state index is 12.0. The molecule has 0 aliphatic carbocycles. The minimum atomic E-state index is -0.553. The molecular weight excluding hydrogens is 266 g/mol. The van der Waals surface area contributed by atoms with Crippen LogP contribution in [0.15, 0.2) is 24.4 Å². The fourth-order valence-electron chi connectivity index (χ4n) is 1.82. The van der Waals surface area contributed by atoms with Gasteiger partial charge in [-0.3, -0.25) is 4.57 Å². The summed E-state index contributed by atoms with van der Waals surface area (Å²) in [5, 5.41) is 10.3. The predicted octanol–water partition coefficient (Wildman–Crippen LogP) is 3.57. The first-order valence-corrected chi connectivity index (χ1v) is 6.34. The van der Waals surface area contributed by atoms with E-state index in [1.807, 2.05) is 20.8 Å². The molecule has 1 N–H and O–H groups in total. The van der Waals surface area contributed by atoms with Crippen molar-refractivity contribution < 1.29 is 14.6 Å². The van der Waals surface area contributed by atoms with Gasteiger partial charge in [0, 0.05) is 11.6 Å². The van der Waals surface area contributed by atoms with Crippen LogP contribution in [0.25, 0.3) is 10.9 Å². The molecule has 0 aliphatic heterocycles. The SMILES string of the molecule is CC(C)(C)OC(=O)n1ccc2c(Cl)c(CO)ccc21. The molecule has 4 nitrogen and oxygen atoms in total. The zero-order valence-corrected chi connectivity index (χ0v) is 11.9. The van der Waals surface area contributed by atoms with E-state index >= 15 is 0 Å². The van der Waals surface area contributed by atoms with Gasteiger partial charge in [-0.15, -0.1) is 0 Å². The molecule has 0 radical (unpaired) electrons. The van der Waals surface area contributed by atoms with Crippen molar-refractivity contribution in [3.63, 3.8) is 0 Å². The molecule has 0 atom stereocenters. The molecule has 0 aliphatic rings. The number of aliphatic hydroxyl groups excluding tert-OH is 1. The highest BCUT2D eigenvalue weighted by Gasteiger charge is 2.19. The minimum Gasteiger partial charge on any atom is -0.443 e. The van der Waals surface area contributed by atoms with Crippen molar-refractivity contribution in [1.82, 2.24) is 4.57 Å². The molecule has 1 aromatic heterocycles. The second kappa shape index (κ2) is 4.87. The lowest BCUT2D eigenvalue weighted by Gasteiger charge is -2.19. The average molecular weight is 282 g/mol. The molecule has 102 valence electrons. The van der Waals surface area contributed by atoms with Crippen molar-refractivity contribution in [1.29, 1.82) is 0 Å². The smallest absolute Gasteiger partial charge is 0.418 e. The summed E-state index contributed by atoms with van der Waals surface area (Å²) >= 11 is 6.17. The standard InChI is InChI=1S/C14H16ClNO3/c1-14(2,3)19-13(18)16-7-6-10-11(16)5-4-9(8-17)12(10)15/h4-7,17H,8H2,1-3H3. The molecule has 2 rings (SSSR count). The summed E-state index contributed by atoms with van der Waals surface area (Å²) in [6.45, 7) is 5.31. The molecule has 1 heterocycles. The minimum absolute atomic E-state index is 0.133. The highest BCUT2D eigenvalue weighted by molar-refractivity contribution is 6.36. The lowest BCUT2D eigenvalue weighted by Crippen LogP contribution is -2.26. The summed E-state index contributed by atoms with van der Waals surface area (Å²) in [5.74, 6) is 0. The molecule has 0 unspecified atom stereocenters. The summed E-state index contributed by atoms with van der Waals surface area (Å²) in [6, 6.07) is 5.18. The Balaban J connectivity index is 2.47. The van der Waals surface area contributed by atoms with Crippen LogP contribution in [0.5, 0.6) is 0 Å². The Morgan fingerprint density at radius 3 is 2.63 bits per heavy atom. The highest BCUT2D eigenvalue weighted by atomic mass is 35.5. The first kappa shape index (κ1) is 13.9. The van der Waals surface area contributed by atoms with Gasteiger partial charge in [-0.2, -0.15) is 0 Å². The summed E-state index contributed by atoms with van der Waals surface area (Å²) in [5.41, 5.74) is 0.746. The van der Waals surface area contributed by atoms with Gasteiger partial charge >= 0.3 is 6.09 Å². The van der Waals surface area contributed by atoms with Crippen molar-refractivity contribution >= 4 is 28.6 Å². The van der Waals surface area contributed by atoms with E-state index in [2.05, 4.69) is 0 Å². The van der Waals surface area contributed by atoms with E-state index in [9.17, 15) is 4.79 Å². The van der Waals surface area contributed by atoms with Gasteiger partial charge in [0.2, 0.25) is 0 Å². The van der Waals surface area contributed by atoms with Gasteiger partial charge in [0.1, 0.15) is 5.60 Å². The molecular formula is C14H16ClNO3. The van der Waals surface area contributed by atoms with Crippen LogP contribution >= 0.6 is 11.6 Å². The van der Waals surface area contributed by atoms with Gasteiger partial charge in [0.15, 0.2) is 0 Å². The summed E-state index contributed by atoms with van der Waals surface area (Å²) < 4.78 is 6.73. The molecule has 2 aromatic rings. The van der Waals surface area contributed by atoms with Crippen LogP contribution in [0.1, 0.15) is 26.3 Å². The maximum Gasteiger partial charge on any atom is 0.418 e. The quantitative estimate of drug-likeness (QED) is 0.869. The van der Waals surface area contributed by atoms with Crippen LogP contribution in [0.3, 0.4) is 0 Å². The summed E-state index contributed by atoms with van der Waals surface area (Å²) in [4.78, 5) is 12.0. The second-order valence-electron chi connectivity index (χ2n) is 5.30. The molecule has 0 saturated carbocycles. The number of fused-ring (bicyclic) bond motifs is 1. The number of rotatable bonds is 1. The first-order valence-electron chi connectivity index (χ1n) is 5.96. The zero-order chi connectivity index (χ0) is 14.2. The summed E-state index contributed by atoms with van der Waals surface area (Å²) in [7, 11) is 0. The molecule has 0 saturated heterocycles. The number of carbonyl (C=O) groups is 1. The number of benzene rings is 1. The van der Waals surface area contributed by atoms with Gasteiger partial charge in [0.25, 0.3) is 0 Å². The lowest BCUT2D eigenvalue weighted by molar-refractivity contribution is 0.0544. The Bertz CT molecular complexity index is 625. The number of nitrogens with zero attached hydrogens (tertiary/aromatic N) is 1. The Hall–Kier alpha value is -1.52. The molecule has 0 bridgehead atoms. The Labute approximate surface area is 116 Å². The monoisotopic (exact) mass is 281 g/mol. The number of ether oxygens (including phenoxy) is 1. The van der Waals surface area contributed by atoms with E-state index in [1.165, 1.54) is 4.57 Å². The van der Waals surface area contributed by atoms with E-state index in [4.69, 9.17) is 21.4 Å². The number of hydrogen-bond donors (Lipinski definition) is 1.